The molecule has 0 unspecified atom stereocenters. The minimum Gasteiger partial charge on any atom is -0.368 e. The van der Waals surface area contributed by atoms with E-state index in [1.165, 1.54) is 0 Å². The number of nitrogens with two attached hydrogens (primary N) is 1. The highest BCUT2D eigenvalue weighted by molar-refractivity contribution is 7.71. The summed E-state index contributed by atoms with van der Waals surface area (Å²) in [7, 11) is 0. The molecule has 0 aliphatic rings. The second-order valence-electron chi connectivity index (χ2n) is 3.49. The maximum atomic E-state index is 11.8. The van der Waals surface area contributed by atoms with Gasteiger partial charge in [-0.15, -0.1) is 0 Å². The lowest BCUT2D eigenvalue weighted by Gasteiger charge is -2.05. The van der Waals surface area contributed by atoms with Crippen molar-refractivity contribution in [2.24, 2.45) is 0 Å². The van der Waals surface area contributed by atoms with E-state index in [1.807, 2.05) is 6.07 Å². The number of aromatic amines is 1. The number of para-hydroxylation sites is 1. The number of nitrogens with zero attached hydrogens (tertiary/aromatic N) is 3. The minimum atomic E-state index is -0.229. The summed E-state index contributed by atoms with van der Waals surface area (Å²) in [6, 6.07) is 7.10. The van der Waals surface area contributed by atoms with Gasteiger partial charge in [-0.1, -0.05) is 12.1 Å². The molecule has 17 heavy (non-hydrogen) atoms. The van der Waals surface area contributed by atoms with Crippen molar-refractivity contribution in [2.75, 3.05) is 5.73 Å². The van der Waals surface area contributed by atoms with E-state index >= 15 is 0 Å². The quantitative estimate of drug-likeness (QED) is 0.453. The number of fused-ring (bicyclic) bond motifs is 3. The van der Waals surface area contributed by atoms with Crippen LogP contribution in [0, 0.1) is 4.77 Å². The molecule has 3 aromatic rings. The van der Waals surface area contributed by atoms with Crippen LogP contribution in [0.4, 0.5) is 5.95 Å². The minimum absolute atomic E-state index is 0.0425. The van der Waals surface area contributed by atoms with E-state index in [0.29, 0.717) is 16.7 Å². The zero-order valence-electron chi connectivity index (χ0n) is 8.54. The van der Waals surface area contributed by atoms with Gasteiger partial charge in [0.15, 0.2) is 0 Å². The van der Waals surface area contributed by atoms with Gasteiger partial charge >= 0.3 is 0 Å². The highest BCUT2D eigenvalue weighted by Gasteiger charge is 2.06. The van der Waals surface area contributed by atoms with Crippen LogP contribution in [-0.2, 0) is 0 Å². The standard InChI is InChI=1S/C10H7N5OS/c11-8-13-9-12-7(16)5-3-1-2-4-6(5)15(9)10(17)14-8/h1-4H,(H3,11,12,13,14,16,17). The Bertz CT molecular complexity index is 851. The lowest BCUT2D eigenvalue weighted by Crippen LogP contribution is -2.14. The first-order valence-electron chi connectivity index (χ1n) is 4.84. The summed E-state index contributed by atoms with van der Waals surface area (Å²) in [4.78, 5) is 22.3. The smallest absolute Gasteiger partial charge is 0.260 e. The van der Waals surface area contributed by atoms with Gasteiger partial charge in [0, 0.05) is 0 Å². The number of H-pyrrole nitrogens is 1. The predicted molar refractivity (Wildman–Crippen MR) is 66.4 cm³/mol. The molecule has 3 rings (SSSR count). The first kappa shape index (κ1) is 9.91. The topological polar surface area (TPSA) is 89.1 Å². The van der Waals surface area contributed by atoms with Crippen molar-refractivity contribution in [3.63, 3.8) is 0 Å². The molecule has 0 atom stereocenters. The fourth-order valence-corrected chi connectivity index (χ4v) is 2.03. The average molecular weight is 245 g/mol. The fourth-order valence-electron chi connectivity index (χ4n) is 1.75. The normalized spacial score (nSPS) is 11.1. The number of anilines is 1. The Morgan fingerprint density at radius 3 is 2.88 bits per heavy atom. The average Bonchev–Trinajstić information content (AvgIpc) is 2.28. The Balaban J connectivity index is 2.74. The SMILES string of the molecule is Nc1nc(=S)n2c(n1)[nH]c(=O)c1ccccc12. The highest BCUT2D eigenvalue weighted by Crippen LogP contribution is 2.10. The Hall–Kier alpha value is -2.28. The zero-order chi connectivity index (χ0) is 12.0. The molecular formula is C10H7N5OS. The summed E-state index contributed by atoms with van der Waals surface area (Å²) in [6.45, 7) is 0. The number of aromatic nitrogens is 4. The summed E-state index contributed by atoms with van der Waals surface area (Å²) < 4.78 is 1.85. The molecule has 1 aromatic carbocycles. The maximum absolute atomic E-state index is 11.8. The van der Waals surface area contributed by atoms with Crippen molar-refractivity contribution in [1.82, 2.24) is 19.4 Å². The second-order valence-corrected chi connectivity index (χ2v) is 3.86. The molecule has 0 saturated heterocycles. The summed E-state index contributed by atoms with van der Waals surface area (Å²) in [6.07, 6.45) is 0. The van der Waals surface area contributed by atoms with Crippen molar-refractivity contribution >= 4 is 34.8 Å². The third-order valence-corrected chi connectivity index (χ3v) is 2.72. The van der Waals surface area contributed by atoms with Crippen LogP contribution in [0.15, 0.2) is 29.1 Å². The molecule has 0 aliphatic heterocycles. The van der Waals surface area contributed by atoms with E-state index in [2.05, 4.69) is 15.0 Å². The van der Waals surface area contributed by atoms with Crippen LogP contribution in [0.3, 0.4) is 0 Å². The van der Waals surface area contributed by atoms with Crippen molar-refractivity contribution in [1.29, 1.82) is 0 Å². The van der Waals surface area contributed by atoms with Crippen molar-refractivity contribution in [3.8, 4) is 0 Å². The van der Waals surface area contributed by atoms with Gasteiger partial charge in [0.2, 0.25) is 16.5 Å². The van der Waals surface area contributed by atoms with Gasteiger partial charge < -0.3 is 5.73 Å². The first-order chi connectivity index (χ1) is 8.16. The monoisotopic (exact) mass is 245 g/mol. The Morgan fingerprint density at radius 1 is 1.29 bits per heavy atom. The molecule has 0 aliphatic carbocycles. The van der Waals surface area contributed by atoms with Gasteiger partial charge in [-0.05, 0) is 24.4 Å². The number of nitrogens with one attached hydrogen (secondary N) is 1. The molecule has 2 heterocycles. The molecule has 0 amide bonds. The molecule has 0 spiro atoms. The Labute approximate surface area is 99.8 Å². The molecular weight excluding hydrogens is 238 g/mol. The van der Waals surface area contributed by atoms with Crippen LogP contribution in [0.25, 0.3) is 16.7 Å². The lowest BCUT2D eigenvalue weighted by molar-refractivity contribution is 0.980. The summed E-state index contributed by atoms with van der Waals surface area (Å²) in [5, 5.41) is 0.532. The van der Waals surface area contributed by atoms with Gasteiger partial charge in [-0.3, -0.25) is 14.2 Å². The number of nitrogen functional groups attached to an aromatic ring is 1. The van der Waals surface area contributed by atoms with Crippen LogP contribution in [0.2, 0.25) is 0 Å². The molecule has 6 nitrogen and oxygen atoms in total. The molecule has 0 bridgehead atoms. The van der Waals surface area contributed by atoms with Gasteiger partial charge in [0.05, 0.1) is 10.9 Å². The van der Waals surface area contributed by atoms with Gasteiger partial charge in [0.25, 0.3) is 5.56 Å². The van der Waals surface area contributed by atoms with Crippen LogP contribution >= 0.6 is 12.2 Å². The number of hydrogen-bond donors (Lipinski definition) is 2. The van der Waals surface area contributed by atoms with E-state index in [0.717, 1.165) is 0 Å². The molecule has 0 saturated carbocycles. The van der Waals surface area contributed by atoms with Crippen LogP contribution in [0.1, 0.15) is 0 Å². The molecule has 2 aromatic heterocycles. The Kier molecular flexibility index (Phi) is 1.96. The van der Waals surface area contributed by atoms with E-state index in [4.69, 9.17) is 18.0 Å². The highest BCUT2D eigenvalue weighted by atomic mass is 32.1. The summed E-state index contributed by atoms with van der Waals surface area (Å²) in [5.41, 5.74) is 5.93. The first-order valence-corrected chi connectivity index (χ1v) is 5.25. The molecule has 0 fully saturated rings. The van der Waals surface area contributed by atoms with Gasteiger partial charge in [0.1, 0.15) is 0 Å². The summed E-state index contributed by atoms with van der Waals surface area (Å²) >= 11 is 5.12. The van der Waals surface area contributed by atoms with Crippen molar-refractivity contribution in [3.05, 3.63) is 39.4 Å². The molecule has 3 N–H and O–H groups in total. The zero-order valence-corrected chi connectivity index (χ0v) is 9.36. The van der Waals surface area contributed by atoms with E-state index < -0.39 is 0 Å². The third kappa shape index (κ3) is 1.40. The van der Waals surface area contributed by atoms with E-state index in [-0.39, 0.29) is 16.3 Å². The van der Waals surface area contributed by atoms with E-state index in [1.54, 1.807) is 22.6 Å². The van der Waals surface area contributed by atoms with Crippen LogP contribution in [-0.4, -0.2) is 19.4 Å². The number of hydrogen-bond acceptors (Lipinski definition) is 5. The molecule has 0 radical (unpaired) electrons. The van der Waals surface area contributed by atoms with E-state index in [9.17, 15) is 4.79 Å². The molecule has 84 valence electrons. The lowest BCUT2D eigenvalue weighted by atomic mass is 10.2. The number of rotatable bonds is 0. The third-order valence-electron chi connectivity index (χ3n) is 2.45. The fraction of sp³-hybridized carbons (Fsp3) is 0. The predicted octanol–water partition coefficient (Wildman–Crippen LogP) is 0.882. The second kappa shape index (κ2) is 3.36. The Morgan fingerprint density at radius 2 is 2.06 bits per heavy atom. The van der Waals surface area contributed by atoms with Crippen molar-refractivity contribution in [2.45, 2.75) is 0 Å². The van der Waals surface area contributed by atoms with Crippen LogP contribution < -0.4 is 11.3 Å². The maximum Gasteiger partial charge on any atom is 0.260 e. The largest absolute Gasteiger partial charge is 0.368 e. The van der Waals surface area contributed by atoms with Gasteiger partial charge in [-0.2, -0.15) is 9.97 Å². The van der Waals surface area contributed by atoms with Crippen LogP contribution in [0.5, 0.6) is 0 Å². The summed E-state index contributed by atoms with van der Waals surface area (Å²) in [5.74, 6) is 0.340. The van der Waals surface area contributed by atoms with Crippen molar-refractivity contribution < 1.29 is 0 Å². The molecule has 7 heteroatoms. The van der Waals surface area contributed by atoms with Gasteiger partial charge in [-0.25, -0.2) is 0 Å². The number of benzene rings is 1.